The molecule has 1 aliphatic carbocycles. The minimum atomic E-state index is 0.570. The predicted molar refractivity (Wildman–Crippen MR) is 84.5 cm³/mol. The fourth-order valence-corrected chi connectivity index (χ4v) is 4.63. The van der Waals surface area contributed by atoms with Gasteiger partial charge in [0.25, 0.3) is 0 Å². The Morgan fingerprint density at radius 1 is 1.11 bits per heavy atom. The molecule has 1 aromatic rings. The van der Waals surface area contributed by atoms with Crippen LogP contribution in [0.3, 0.4) is 0 Å². The molecule has 2 heteroatoms. The summed E-state index contributed by atoms with van der Waals surface area (Å²) in [4.78, 5) is 0. The summed E-state index contributed by atoms with van der Waals surface area (Å²) < 4.78 is 0. The van der Waals surface area contributed by atoms with Crippen LogP contribution in [0.2, 0.25) is 0 Å². The molecule has 0 aromatic heterocycles. The van der Waals surface area contributed by atoms with Gasteiger partial charge in [0.2, 0.25) is 0 Å². The third-order valence-electron chi connectivity index (χ3n) is 4.75. The Balaban J connectivity index is 1.73. The first kappa shape index (κ1) is 13.5. The van der Waals surface area contributed by atoms with Crippen LogP contribution in [0, 0.1) is 5.92 Å². The van der Waals surface area contributed by atoms with Crippen LogP contribution in [0.1, 0.15) is 56.2 Å². The highest BCUT2D eigenvalue weighted by Gasteiger charge is 2.26. The van der Waals surface area contributed by atoms with Gasteiger partial charge < -0.3 is 5.32 Å². The summed E-state index contributed by atoms with van der Waals surface area (Å²) in [6, 6.07) is 10.3. The second-order valence-electron chi connectivity index (χ2n) is 6.15. The number of rotatable bonds is 2. The zero-order valence-corrected chi connectivity index (χ0v) is 12.7. The fraction of sp³-hybridized carbons (Fsp3) is 0.647. The van der Waals surface area contributed by atoms with Gasteiger partial charge in [-0.05, 0) is 29.9 Å². The first-order chi connectivity index (χ1) is 9.34. The van der Waals surface area contributed by atoms with Crippen LogP contribution in [0.5, 0.6) is 0 Å². The summed E-state index contributed by atoms with van der Waals surface area (Å²) in [7, 11) is 0. The zero-order chi connectivity index (χ0) is 13.1. The maximum Gasteiger partial charge on any atom is 0.0417 e. The maximum atomic E-state index is 3.98. The van der Waals surface area contributed by atoms with Crippen molar-refractivity contribution in [2.24, 2.45) is 5.92 Å². The highest BCUT2D eigenvalue weighted by Crippen LogP contribution is 2.33. The normalized spacial score (nSPS) is 31.5. The van der Waals surface area contributed by atoms with E-state index >= 15 is 0 Å². The average molecular weight is 275 g/mol. The summed E-state index contributed by atoms with van der Waals surface area (Å²) in [6.45, 7) is 2.44. The number of hydrogen-bond acceptors (Lipinski definition) is 2. The quantitative estimate of drug-likeness (QED) is 0.796. The summed E-state index contributed by atoms with van der Waals surface area (Å²) in [5, 5.41) is 3.98. The lowest BCUT2D eigenvalue weighted by molar-refractivity contribution is 0.331. The van der Waals surface area contributed by atoms with Crippen LogP contribution < -0.4 is 5.32 Å². The van der Waals surface area contributed by atoms with E-state index in [0.717, 1.165) is 12.0 Å². The maximum absolute atomic E-state index is 3.98. The number of hydrogen-bond donors (Lipinski definition) is 1. The molecule has 0 bridgehead atoms. The molecule has 0 radical (unpaired) electrons. The molecule has 1 heterocycles. The molecule has 104 valence electrons. The third kappa shape index (κ3) is 3.17. The van der Waals surface area contributed by atoms with Crippen LogP contribution in [-0.2, 0) is 5.75 Å². The molecule has 1 aromatic carbocycles. The van der Waals surface area contributed by atoms with Crippen LogP contribution in [0.25, 0.3) is 0 Å². The Hall–Kier alpha value is -0.470. The van der Waals surface area contributed by atoms with Crippen molar-refractivity contribution in [1.29, 1.82) is 0 Å². The molecule has 1 aliphatic heterocycles. The number of fused-ring (bicyclic) bond motifs is 1. The van der Waals surface area contributed by atoms with Crippen LogP contribution in [0.15, 0.2) is 24.3 Å². The van der Waals surface area contributed by atoms with Crippen molar-refractivity contribution in [3.63, 3.8) is 0 Å². The van der Waals surface area contributed by atoms with Crippen molar-refractivity contribution in [3.05, 3.63) is 35.4 Å². The molecule has 19 heavy (non-hydrogen) atoms. The van der Waals surface area contributed by atoms with Crippen LogP contribution in [0.4, 0.5) is 0 Å². The molecule has 0 spiro atoms. The Morgan fingerprint density at radius 2 is 1.95 bits per heavy atom. The van der Waals surface area contributed by atoms with Gasteiger partial charge in [-0.3, -0.25) is 0 Å². The summed E-state index contributed by atoms with van der Waals surface area (Å²) in [5.41, 5.74) is 3.09. The first-order valence-electron chi connectivity index (χ1n) is 7.76. The van der Waals surface area contributed by atoms with Gasteiger partial charge in [-0.1, -0.05) is 50.5 Å². The molecule has 2 aliphatic rings. The van der Waals surface area contributed by atoms with E-state index in [1.807, 2.05) is 0 Å². The smallest absolute Gasteiger partial charge is 0.0417 e. The Labute approximate surface area is 121 Å². The number of thioether (sulfide) groups is 1. The van der Waals surface area contributed by atoms with Gasteiger partial charge in [0, 0.05) is 23.6 Å². The van der Waals surface area contributed by atoms with Gasteiger partial charge in [0.1, 0.15) is 0 Å². The third-order valence-corrected chi connectivity index (χ3v) is 5.83. The van der Waals surface area contributed by atoms with E-state index in [1.165, 1.54) is 49.2 Å². The second kappa shape index (κ2) is 6.32. The van der Waals surface area contributed by atoms with Crippen LogP contribution >= 0.6 is 11.8 Å². The highest BCUT2D eigenvalue weighted by molar-refractivity contribution is 7.98. The van der Waals surface area contributed by atoms with Crippen molar-refractivity contribution in [1.82, 2.24) is 5.32 Å². The predicted octanol–water partition coefficient (Wildman–Crippen LogP) is 4.53. The van der Waals surface area contributed by atoms with E-state index in [9.17, 15) is 0 Å². The van der Waals surface area contributed by atoms with E-state index in [4.69, 9.17) is 0 Å². The van der Waals surface area contributed by atoms with E-state index in [1.54, 1.807) is 5.56 Å². The topological polar surface area (TPSA) is 12.0 Å². The lowest BCUT2D eigenvalue weighted by Crippen LogP contribution is -2.39. The molecule has 1 fully saturated rings. The van der Waals surface area contributed by atoms with Crippen molar-refractivity contribution in [3.8, 4) is 0 Å². The Morgan fingerprint density at radius 3 is 2.89 bits per heavy atom. The van der Waals surface area contributed by atoms with Crippen molar-refractivity contribution in [2.45, 2.75) is 56.9 Å². The number of nitrogens with one attached hydrogen (secondary N) is 1. The molecular formula is C17H25NS. The molecule has 1 saturated carbocycles. The Bertz CT molecular complexity index is 417. The van der Waals surface area contributed by atoms with E-state index in [-0.39, 0.29) is 0 Å². The minimum Gasteiger partial charge on any atom is -0.306 e. The molecule has 3 unspecified atom stereocenters. The molecule has 1 nitrogen and oxygen atoms in total. The summed E-state index contributed by atoms with van der Waals surface area (Å²) in [6.07, 6.45) is 7.03. The van der Waals surface area contributed by atoms with E-state index < -0.39 is 0 Å². The molecule has 0 amide bonds. The fourth-order valence-electron chi connectivity index (χ4n) is 3.52. The van der Waals surface area contributed by atoms with Gasteiger partial charge in [-0.2, -0.15) is 11.8 Å². The van der Waals surface area contributed by atoms with Crippen molar-refractivity contribution >= 4 is 11.8 Å². The lowest BCUT2D eigenvalue weighted by Gasteiger charge is -2.32. The Kier molecular flexibility index (Phi) is 4.49. The largest absolute Gasteiger partial charge is 0.306 e. The van der Waals surface area contributed by atoms with Crippen molar-refractivity contribution in [2.75, 3.05) is 5.75 Å². The summed E-state index contributed by atoms with van der Waals surface area (Å²) in [5.74, 6) is 3.26. The number of benzene rings is 1. The van der Waals surface area contributed by atoms with Gasteiger partial charge in [0.15, 0.2) is 0 Å². The molecule has 1 N–H and O–H groups in total. The minimum absolute atomic E-state index is 0.570. The van der Waals surface area contributed by atoms with E-state index in [2.05, 4.69) is 48.3 Å². The van der Waals surface area contributed by atoms with Gasteiger partial charge in [-0.15, -0.1) is 0 Å². The molecule has 0 saturated heterocycles. The first-order valence-corrected chi connectivity index (χ1v) is 8.91. The van der Waals surface area contributed by atoms with Crippen LogP contribution in [-0.4, -0.2) is 11.8 Å². The van der Waals surface area contributed by atoms with Crippen molar-refractivity contribution < 1.29 is 0 Å². The highest BCUT2D eigenvalue weighted by atomic mass is 32.2. The van der Waals surface area contributed by atoms with Gasteiger partial charge in [0.05, 0.1) is 0 Å². The lowest BCUT2D eigenvalue weighted by atomic mass is 9.94. The SMILES string of the molecule is CC1CCCCCC1NC1CSCc2ccccc21. The second-order valence-corrected chi connectivity index (χ2v) is 7.19. The van der Waals surface area contributed by atoms with Gasteiger partial charge in [-0.25, -0.2) is 0 Å². The summed E-state index contributed by atoms with van der Waals surface area (Å²) >= 11 is 2.08. The standard InChI is InChI=1S/C17H25NS/c1-13-7-3-2-4-10-16(13)18-17-12-19-11-14-8-5-6-9-15(14)17/h5-6,8-9,13,16-18H,2-4,7,10-12H2,1H3. The molecule has 3 atom stereocenters. The molecule has 3 rings (SSSR count). The zero-order valence-electron chi connectivity index (χ0n) is 11.9. The molecular weight excluding hydrogens is 250 g/mol. The average Bonchev–Trinajstić information content (AvgIpc) is 2.65. The van der Waals surface area contributed by atoms with E-state index in [0.29, 0.717) is 6.04 Å². The van der Waals surface area contributed by atoms with Gasteiger partial charge >= 0.3 is 0 Å². The monoisotopic (exact) mass is 275 g/mol.